The quantitative estimate of drug-likeness (QED) is 0.853. The van der Waals surface area contributed by atoms with Gasteiger partial charge >= 0.3 is 5.97 Å². The molecule has 2 aromatic rings. The van der Waals surface area contributed by atoms with Crippen LogP contribution in [0, 0.1) is 0 Å². The molecule has 1 unspecified atom stereocenters. The molecule has 1 N–H and O–H groups in total. The normalized spacial score (nSPS) is 19.0. The first-order valence-electron chi connectivity index (χ1n) is 7.90. The second-order valence-corrected chi connectivity index (χ2v) is 6.85. The Labute approximate surface area is 151 Å². The van der Waals surface area contributed by atoms with Crippen molar-refractivity contribution in [3.05, 3.63) is 58.6 Å². The smallest absolute Gasteiger partial charge is 0.339 e. The van der Waals surface area contributed by atoms with Crippen LogP contribution in [-0.2, 0) is 16.0 Å². The molecule has 0 aliphatic carbocycles. The largest absolute Gasteiger partial charge is 0.445 e. The van der Waals surface area contributed by atoms with Gasteiger partial charge in [-0.15, -0.1) is 0 Å². The van der Waals surface area contributed by atoms with E-state index in [4.69, 9.17) is 16.3 Å². The molecule has 2 aromatic carbocycles. The Hall–Kier alpha value is -2.53. The summed E-state index contributed by atoms with van der Waals surface area (Å²) in [5.41, 5.74) is 1.29. The van der Waals surface area contributed by atoms with Gasteiger partial charge in [-0.3, -0.25) is 4.79 Å². The number of rotatable bonds is 3. The number of benzene rings is 2. The number of anilines is 2. The molecule has 1 atom stereocenters. The Balaban J connectivity index is 1.90. The minimum atomic E-state index is -1.28. The van der Waals surface area contributed by atoms with Crippen LogP contribution in [0.2, 0.25) is 5.02 Å². The maximum absolute atomic E-state index is 12.9. The molecule has 0 fully saturated rings. The Morgan fingerprint density at radius 1 is 1.20 bits per heavy atom. The van der Waals surface area contributed by atoms with E-state index >= 15 is 0 Å². The fourth-order valence-corrected chi connectivity index (χ4v) is 3.33. The van der Waals surface area contributed by atoms with Crippen LogP contribution in [0.3, 0.4) is 0 Å². The molecule has 0 saturated heterocycles. The van der Waals surface area contributed by atoms with Crippen molar-refractivity contribution < 1.29 is 14.3 Å². The Bertz CT molecular complexity index is 850. The molecule has 130 valence electrons. The van der Waals surface area contributed by atoms with Gasteiger partial charge in [0.15, 0.2) is 5.60 Å². The van der Waals surface area contributed by atoms with Crippen molar-refractivity contribution in [2.45, 2.75) is 18.9 Å². The Kier molecular flexibility index (Phi) is 4.43. The van der Waals surface area contributed by atoms with Crippen molar-refractivity contribution in [1.82, 2.24) is 0 Å². The number of carbonyl (C=O) groups is 2. The van der Waals surface area contributed by atoms with E-state index in [2.05, 4.69) is 5.32 Å². The number of halogens is 1. The van der Waals surface area contributed by atoms with Crippen LogP contribution in [0.25, 0.3) is 0 Å². The summed E-state index contributed by atoms with van der Waals surface area (Å²) < 4.78 is 5.47. The number of esters is 1. The summed E-state index contributed by atoms with van der Waals surface area (Å²) in [6, 6.07) is 12.4. The van der Waals surface area contributed by atoms with E-state index in [-0.39, 0.29) is 5.91 Å². The van der Waals surface area contributed by atoms with Gasteiger partial charge in [0.1, 0.15) is 0 Å². The predicted octanol–water partition coefficient (Wildman–Crippen LogP) is 3.52. The molecule has 0 aromatic heterocycles. The second kappa shape index (κ2) is 6.41. The van der Waals surface area contributed by atoms with Crippen molar-refractivity contribution in [2.24, 2.45) is 0 Å². The van der Waals surface area contributed by atoms with Crippen LogP contribution in [0.1, 0.15) is 22.8 Å². The average molecular weight is 359 g/mol. The first-order valence-corrected chi connectivity index (χ1v) is 8.28. The molecule has 1 amide bonds. The number of amides is 1. The minimum absolute atomic E-state index is 0.318. The van der Waals surface area contributed by atoms with E-state index in [1.54, 1.807) is 37.3 Å². The molecule has 0 saturated carbocycles. The number of nitrogens with one attached hydrogen (secondary N) is 1. The molecule has 0 spiro atoms. The van der Waals surface area contributed by atoms with Gasteiger partial charge in [0, 0.05) is 20.5 Å². The Morgan fingerprint density at radius 2 is 1.92 bits per heavy atom. The third-order valence-electron chi connectivity index (χ3n) is 4.25. The third kappa shape index (κ3) is 3.20. The lowest BCUT2D eigenvalue weighted by Gasteiger charge is -2.33. The van der Waals surface area contributed by atoms with Crippen molar-refractivity contribution >= 4 is 34.9 Å². The summed E-state index contributed by atoms with van der Waals surface area (Å²) in [6.07, 6.45) is 0.318. The van der Waals surface area contributed by atoms with Crippen LogP contribution < -0.4 is 10.2 Å². The van der Waals surface area contributed by atoms with Gasteiger partial charge in [-0.25, -0.2) is 4.79 Å². The predicted molar refractivity (Wildman–Crippen MR) is 98.4 cm³/mol. The fraction of sp³-hybridized carbons (Fsp3) is 0.263. The summed E-state index contributed by atoms with van der Waals surface area (Å²) in [4.78, 5) is 27.0. The fourth-order valence-electron chi connectivity index (χ4n) is 2.98. The van der Waals surface area contributed by atoms with Gasteiger partial charge in [0.05, 0.1) is 22.0 Å². The van der Waals surface area contributed by atoms with Crippen molar-refractivity contribution in [1.29, 1.82) is 0 Å². The summed E-state index contributed by atoms with van der Waals surface area (Å²) in [6.45, 7) is 1.62. The van der Waals surface area contributed by atoms with E-state index in [1.807, 2.05) is 31.1 Å². The lowest BCUT2D eigenvalue weighted by atomic mass is 9.89. The average Bonchev–Trinajstić information content (AvgIpc) is 2.54. The van der Waals surface area contributed by atoms with Crippen molar-refractivity contribution in [2.75, 3.05) is 24.3 Å². The van der Waals surface area contributed by atoms with Crippen LogP contribution in [0.5, 0.6) is 0 Å². The van der Waals surface area contributed by atoms with Crippen molar-refractivity contribution in [3.8, 4) is 0 Å². The number of fused-ring (bicyclic) bond motifs is 1. The highest BCUT2D eigenvalue weighted by Crippen LogP contribution is 2.34. The Morgan fingerprint density at radius 3 is 2.64 bits per heavy atom. The number of cyclic esters (lactones) is 1. The van der Waals surface area contributed by atoms with Gasteiger partial charge in [-0.05, 0) is 30.7 Å². The molecular formula is C19H19ClN2O3. The molecule has 0 radical (unpaired) electrons. The molecule has 6 heteroatoms. The van der Waals surface area contributed by atoms with Gasteiger partial charge in [0.25, 0.3) is 5.91 Å². The number of hydrogen-bond donors (Lipinski definition) is 1. The second-order valence-electron chi connectivity index (χ2n) is 6.44. The first-order chi connectivity index (χ1) is 11.8. The maximum Gasteiger partial charge on any atom is 0.339 e. The van der Waals surface area contributed by atoms with Gasteiger partial charge in [0.2, 0.25) is 0 Å². The minimum Gasteiger partial charge on any atom is -0.445 e. The summed E-state index contributed by atoms with van der Waals surface area (Å²) in [5.74, 6) is -0.876. The highest BCUT2D eigenvalue weighted by atomic mass is 35.5. The monoisotopic (exact) mass is 358 g/mol. The number of para-hydroxylation sites is 1. The zero-order valence-corrected chi connectivity index (χ0v) is 15.1. The van der Waals surface area contributed by atoms with Gasteiger partial charge < -0.3 is 15.0 Å². The van der Waals surface area contributed by atoms with Gasteiger partial charge in [-0.2, -0.15) is 0 Å². The van der Waals surface area contributed by atoms with Gasteiger partial charge in [-0.1, -0.05) is 35.9 Å². The number of nitrogens with zero attached hydrogens (tertiary/aromatic N) is 1. The molecule has 1 heterocycles. The molecule has 1 aliphatic rings. The zero-order valence-electron chi connectivity index (χ0n) is 14.3. The number of ether oxygens (including phenoxy) is 1. The molecule has 3 rings (SSSR count). The first kappa shape index (κ1) is 17.3. The summed E-state index contributed by atoms with van der Waals surface area (Å²) in [5, 5.41) is 3.38. The molecule has 0 bridgehead atoms. The van der Waals surface area contributed by atoms with E-state index in [0.717, 1.165) is 5.56 Å². The third-order valence-corrected chi connectivity index (χ3v) is 4.55. The standard InChI is InChI=1S/C19H19ClN2O3/c1-19(11-12-7-4-5-8-13(12)17(23)25-19)18(24)21-15-10-6-9-14(20)16(15)22(2)3/h4-10H,11H2,1-3H3,(H,21,24). The van der Waals surface area contributed by atoms with E-state index in [9.17, 15) is 9.59 Å². The highest BCUT2D eigenvalue weighted by Gasteiger charge is 2.42. The molecule has 25 heavy (non-hydrogen) atoms. The molecule has 5 nitrogen and oxygen atoms in total. The van der Waals surface area contributed by atoms with Crippen LogP contribution in [0.4, 0.5) is 11.4 Å². The molecular weight excluding hydrogens is 340 g/mol. The van der Waals surface area contributed by atoms with Crippen LogP contribution in [-0.4, -0.2) is 31.6 Å². The molecule has 1 aliphatic heterocycles. The summed E-state index contributed by atoms with van der Waals surface area (Å²) in [7, 11) is 3.69. The highest BCUT2D eigenvalue weighted by molar-refractivity contribution is 6.34. The lowest BCUT2D eigenvalue weighted by molar-refractivity contribution is -0.134. The number of carbonyl (C=O) groups excluding carboxylic acids is 2. The maximum atomic E-state index is 12.9. The van der Waals surface area contributed by atoms with E-state index in [0.29, 0.717) is 28.4 Å². The van der Waals surface area contributed by atoms with E-state index < -0.39 is 11.6 Å². The SMILES string of the molecule is CN(C)c1c(Cl)cccc1NC(=O)C1(C)Cc2ccccc2C(=O)O1. The lowest BCUT2D eigenvalue weighted by Crippen LogP contribution is -2.49. The van der Waals surface area contributed by atoms with E-state index in [1.165, 1.54) is 0 Å². The summed E-state index contributed by atoms with van der Waals surface area (Å²) >= 11 is 6.24. The van der Waals surface area contributed by atoms with Crippen molar-refractivity contribution in [3.63, 3.8) is 0 Å². The topological polar surface area (TPSA) is 58.6 Å². The van der Waals surface area contributed by atoms with Crippen LogP contribution >= 0.6 is 11.6 Å². The van der Waals surface area contributed by atoms with Crippen LogP contribution in [0.15, 0.2) is 42.5 Å². The zero-order chi connectivity index (χ0) is 18.2. The number of hydrogen-bond acceptors (Lipinski definition) is 4.